The van der Waals surface area contributed by atoms with Gasteiger partial charge in [0.15, 0.2) is 0 Å². The Kier molecular flexibility index (Phi) is 4.47. The van der Waals surface area contributed by atoms with E-state index in [4.69, 9.17) is 0 Å². The molecule has 0 saturated carbocycles. The maximum Gasteiger partial charge on any atom is 0.123 e. The zero-order valence-electron chi connectivity index (χ0n) is 10.6. The van der Waals surface area contributed by atoms with Crippen LogP contribution in [-0.2, 0) is 13.1 Å². The molecular weight excluding hydrogens is 229 g/mol. The van der Waals surface area contributed by atoms with Gasteiger partial charge in [-0.1, -0.05) is 6.07 Å². The smallest absolute Gasteiger partial charge is 0.123 e. The van der Waals surface area contributed by atoms with E-state index in [0.717, 1.165) is 30.6 Å². The average Bonchev–Trinajstić information content (AvgIpc) is 2.86. The Hall–Kier alpha value is -1.68. The number of nitrogens with one attached hydrogen (secondary N) is 1. The van der Waals surface area contributed by atoms with Gasteiger partial charge in [0.05, 0.1) is 0 Å². The van der Waals surface area contributed by atoms with Crippen molar-refractivity contribution in [2.45, 2.75) is 26.4 Å². The van der Waals surface area contributed by atoms with Crippen molar-refractivity contribution in [2.24, 2.45) is 0 Å². The fourth-order valence-electron chi connectivity index (χ4n) is 1.85. The second-order valence-electron chi connectivity index (χ2n) is 4.37. The van der Waals surface area contributed by atoms with Crippen molar-refractivity contribution in [1.82, 2.24) is 15.1 Å². The number of hydrogen-bond donors (Lipinski definition) is 1. The van der Waals surface area contributed by atoms with Gasteiger partial charge in [0.25, 0.3) is 0 Å². The molecule has 0 aliphatic rings. The van der Waals surface area contributed by atoms with Crippen LogP contribution >= 0.6 is 0 Å². The van der Waals surface area contributed by atoms with E-state index in [1.165, 1.54) is 6.07 Å². The standard InChI is InChI=1S/C14H18FN3/c1-12-4-5-14(15)10-13(12)11-16-6-2-8-18-9-3-7-17-18/h3-5,7,9-10,16H,2,6,8,11H2,1H3. The first kappa shape index (κ1) is 12.8. The Balaban J connectivity index is 1.70. The third-order valence-electron chi connectivity index (χ3n) is 2.93. The predicted octanol–water partition coefficient (Wildman–Crippen LogP) is 2.51. The quantitative estimate of drug-likeness (QED) is 0.795. The largest absolute Gasteiger partial charge is 0.313 e. The zero-order valence-corrected chi connectivity index (χ0v) is 10.6. The molecule has 0 saturated heterocycles. The molecule has 0 aliphatic heterocycles. The summed E-state index contributed by atoms with van der Waals surface area (Å²) in [5, 5.41) is 7.46. The van der Waals surface area contributed by atoms with Crippen LogP contribution in [0.5, 0.6) is 0 Å². The first-order chi connectivity index (χ1) is 8.75. The van der Waals surface area contributed by atoms with Crippen molar-refractivity contribution in [2.75, 3.05) is 6.54 Å². The SMILES string of the molecule is Cc1ccc(F)cc1CNCCCn1cccn1. The van der Waals surface area contributed by atoms with E-state index >= 15 is 0 Å². The summed E-state index contributed by atoms with van der Waals surface area (Å²) in [4.78, 5) is 0. The molecule has 1 N–H and O–H groups in total. The van der Waals surface area contributed by atoms with Gasteiger partial charge in [-0.05, 0) is 49.2 Å². The lowest BCUT2D eigenvalue weighted by Gasteiger charge is -2.08. The summed E-state index contributed by atoms with van der Waals surface area (Å²) in [6.07, 6.45) is 4.75. The van der Waals surface area contributed by atoms with Crippen molar-refractivity contribution < 1.29 is 4.39 Å². The normalized spacial score (nSPS) is 10.8. The summed E-state index contributed by atoms with van der Waals surface area (Å²) in [5.41, 5.74) is 2.14. The van der Waals surface area contributed by atoms with Crippen LogP contribution in [0.3, 0.4) is 0 Å². The fourth-order valence-corrected chi connectivity index (χ4v) is 1.85. The molecule has 0 bridgehead atoms. The second-order valence-corrected chi connectivity index (χ2v) is 4.37. The highest BCUT2D eigenvalue weighted by Gasteiger charge is 1.99. The minimum absolute atomic E-state index is 0.172. The van der Waals surface area contributed by atoms with E-state index in [-0.39, 0.29) is 5.82 Å². The van der Waals surface area contributed by atoms with Gasteiger partial charge in [0, 0.05) is 25.5 Å². The first-order valence-electron chi connectivity index (χ1n) is 6.19. The van der Waals surface area contributed by atoms with E-state index in [1.807, 2.05) is 29.9 Å². The number of aromatic nitrogens is 2. The second kappa shape index (κ2) is 6.31. The summed E-state index contributed by atoms with van der Waals surface area (Å²) in [6, 6.07) is 6.83. The van der Waals surface area contributed by atoms with Crippen LogP contribution in [-0.4, -0.2) is 16.3 Å². The lowest BCUT2D eigenvalue weighted by Crippen LogP contribution is -2.17. The first-order valence-corrected chi connectivity index (χ1v) is 6.19. The zero-order chi connectivity index (χ0) is 12.8. The number of benzene rings is 1. The third-order valence-corrected chi connectivity index (χ3v) is 2.93. The Bertz CT molecular complexity index is 480. The van der Waals surface area contributed by atoms with Crippen LogP contribution in [0, 0.1) is 12.7 Å². The van der Waals surface area contributed by atoms with E-state index in [0.29, 0.717) is 6.54 Å². The van der Waals surface area contributed by atoms with Crippen molar-refractivity contribution in [3.05, 3.63) is 53.6 Å². The molecule has 0 spiro atoms. The Morgan fingerprint density at radius 1 is 1.39 bits per heavy atom. The van der Waals surface area contributed by atoms with Gasteiger partial charge in [-0.25, -0.2) is 4.39 Å². The molecule has 1 aromatic carbocycles. The molecule has 96 valence electrons. The Morgan fingerprint density at radius 2 is 2.28 bits per heavy atom. The minimum Gasteiger partial charge on any atom is -0.313 e. The Labute approximate surface area is 107 Å². The number of aryl methyl sites for hydroxylation is 2. The van der Waals surface area contributed by atoms with Crippen LogP contribution < -0.4 is 5.32 Å². The van der Waals surface area contributed by atoms with E-state index in [9.17, 15) is 4.39 Å². The molecule has 2 aromatic rings. The number of hydrogen-bond acceptors (Lipinski definition) is 2. The molecule has 1 aromatic heterocycles. The lowest BCUT2D eigenvalue weighted by atomic mass is 10.1. The Morgan fingerprint density at radius 3 is 3.06 bits per heavy atom. The molecule has 0 fully saturated rings. The molecule has 4 heteroatoms. The summed E-state index contributed by atoms with van der Waals surface area (Å²) in [6.45, 7) is 4.51. The van der Waals surface area contributed by atoms with Crippen molar-refractivity contribution in [3.8, 4) is 0 Å². The van der Waals surface area contributed by atoms with Crippen molar-refractivity contribution in [3.63, 3.8) is 0 Å². The van der Waals surface area contributed by atoms with E-state index in [2.05, 4.69) is 10.4 Å². The highest BCUT2D eigenvalue weighted by atomic mass is 19.1. The summed E-state index contributed by atoms with van der Waals surface area (Å²) >= 11 is 0. The average molecular weight is 247 g/mol. The van der Waals surface area contributed by atoms with Gasteiger partial charge in [-0.15, -0.1) is 0 Å². The molecule has 0 atom stereocenters. The molecule has 18 heavy (non-hydrogen) atoms. The van der Waals surface area contributed by atoms with Gasteiger partial charge in [0.2, 0.25) is 0 Å². The van der Waals surface area contributed by atoms with Crippen LogP contribution in [0.4, 0.5) is 4.39 Å². The van der Waals surface area contributed by atoms with Gasteiger partial charge >= 0.3 is 0 Å². The number of rotatable bonds is 6. The van der Waals surface area contributed by atoms with Gasteiger partial charge in [-0.3, -0.25) is 4.68 Å². The maximum absolute atomic E-state index is 13.1. The molecule has 0 amide bonds. The summed E-state index contributed by atoms with van der Waals surface area (Å²) in [5.74, 6) is -0.172. The highest BCUT2D eigenvalue weighted by molar-refractivity contribution is 5.26. The molecule has 0 aliphatic carbocycles. The summed E-state index contributed by atoms with van der Waals surface area (Å²) in [7, 11) is 0. The van der Waals surface area contributed by atoms with Crippen LogP contribution in [0.15, 0.2) is 36.7 Å². The van der Waals surface area contributed by atoms with Crippen molar-refractivity contribution in [1.29, 1.82) is 0 Å². The van der Waals surface area contributed by atoms with Crippen LogP contribution in [0.1, 0.15) is 17.5 Å². The lowest BCUT2D eigenvalue weighted by molar-refractivity contribution is 0.542. The molecular formula is C14H18FN3. The van der Waals surface area contributed by atoms with E-state index in [1.54, 1.807) is 12.3 Å². The molecule has 2 rings (SSSR count). The predicted molar refractivity (Wildman–Crippen MR) is 69.7 cm³/mol. The van der Waals surface area contributed by atoms with E-state index < -0.39 is 0 Å². The molecule has 1 heterocycles. The summed E-state index contributed by atoms with van der Waals surface area (Å²) < 4.78 is 15.0. The van der Waals surface area contributed by atoms with Crippen LogP contribution in [0.2, 0.25) is 0 Å². The highest BCUT2D eigenvalue weighted by Crippen LogP contribution is 2.09. The monoisotopic (exact) mass is 247 g/mol. The minimum atomic E-state index is -0.172. The van der Waals surface area contributed by atoms with Crippen LogP contribution in [0.25, 0.3) is 0 Å². The fraction of sp³-hybridized carbons (Fsp3) is 0.357. The molecule has 0 unspecified atom stereocenters. The number of halogens is 1. The maximum atomic E-state index is 13.1. The molecule has 0 radical (unpaired) electrons. The van der Waals surface area contributed by atoms with Gasteiger partial charge in [0.1, 0.15) is 5.82 Å². The van der Waals surface area contributed by atoms with Crippen molar-refractivity contribution >= 4 is 0 Å². The third kappa shape index (κ3) is 3.67. The molecule has 3 nitrogen and oxygen atoms in total. The van der Waals surface area contributed by atoms with Gasteiger partial charge < -0.3 is 5.32 Å². The van der Waals surface area contributed by atoms with Gasteiger partial charge in [-0.2, -0.15) is 5.10 Å². The topological polar surface area (TPSA) is 29.9 Å². The number of nitrogens with zero attached hydrogens (tertiary/aromatic N) is 2.